The van der Waals surface area contributed by atoms with E-state index in [1.807, 2.05) is 67.6 Å². The average Bonchev–Trinajstić information content (AvgIpc) is 3.23. The maximum absolute atomic E-state index is 11.7. The number of ether oxygens (including phenoxy) is 1. The lowest BCUT2D eigenvalue weighted by Gasteiger charge is -2.11. The molecule has 0 aliphatic heterocycles. The summed E-state index contributed by atoms with van der Waals surface area (Å²) in [4.78, 5) is 25.9. The molecule has 0 saturated carbocycles. The molecule has 5 aromatic rings. The number of hydrogen-bond donors (Lipinski definition) is 0. The Bertz CT molecular complexity index is 1440. The van der Waals surface area contributed by atoms with Crippen LogP contribution in [0.25, 0.3) is 43.1 Å². The summed E-state index contributed by atoms with van der Waals surface area (Å²) in [6.07, 6.45) is 1.15. The zero-order valence-electron chi connectivity index (χ0n) is 16.7. The molecule has 0 unspecified atom stereocenters. The molecule has 31 heavy (non-hydrogen) atoms. The fourth-order valence-corrected chi connectivity index (χ4v) is 4.36. The van der Waals surface area contributed by atoms with Crippen LogP contribution in [-0.4, -0.2) is 20.9 Å². The van der Waals surface area contributed by atoms with Crippen molar-refractivity contribution in [2.75, 3.05) is 0 Å². The second-order valence-electron chi connectivity index (χ2n) is 6.97. The predicted molar refractivity (Wildman–Crippen MR) is 124 cm³/mol. The largest absolute Gasteiger partial charge is 0.423 e. The number of para-hydroxylation sites is 2. The maximum Gasteiger partial charge on any atom is 0.335 e. The van der Waals surface area contributed by atoms with Crippen molar-refractivity contribution in [3.05, 3.63) is 85.1 Å². The monoisotopic (exact) mass is 423 g/mol. The summed E-state index contributed by atoms with van der Waals surface area (Å²) >= 11 is 1.58. The summed E-state index contributed by atoms with van der Waals surface area (Å²) in [5, 5.41) is 1.74. The third kappa shape index (κ3) is 3.58. The van der Waals surface area contributed by atoms with Gasteiger partial charge in [-0.3, -0.25) is 0 Å². The standard InChI is InChI=1S/C25H17N3O2S/c1-3-23(29)30-21-10-6-4-8-17(21)16-12-13-19-18(14-16)15(2)26-24(27-19)25-28-20-9-5-7-11-22(20)31-25/h3-14H,1H2,2H3. The summed E-state index contributed by atoms with van der Waals surface area (Å²) in [5.41, 5.74) is 4.38. The third-order valence-electron chi connectivity index (χ3n) is 4.95. The molecule has 0 fully saturated rings. The molecule has 3 aromatic carbocycles. The highest BCUT2D eigenvalue weighted by atomic mass is 32.1. The number of nitrogens with zero attached hydrogens (tertiary/aromatic N) is 3. The minimum absolute atomic E-state index is 0.483. The Labute approximate surface area is 182 Å². The van der Waals surface area contributed by atoms with Gasteiger partial charge in [0.15, 0.2) is 10.8 Å². The van der Waals surface area contributed by atoms with Gasteiger partial charge in [-0.1, -0.05) is 43.0 Å². The molecule has 2 heterocycles. The van der Waals surface area contributed by atoms with E-state index >= 15 is 0 Å². The van der Waals surface area contributed by atoms with Gasteiger partial charge in [0, 0.05) is 22.7 Å². The molecule has 0 radical (unpaired) electrons. The van der Waals surface area contributed by atoms with E-state index < -0.39 is 5.97 Å². The number of carbonyl (C=O) groups excluding carboxylic acids is 1. The SMILES string of the molecule is C=CC(=O)Oc1ccccc1-c1ccc2nc(-c3nc4ccccc4s3)nc(C)c2c1. The predicted octanol–water partition coefficient (Wildman–Crippen LogP) is 5.97. The smallest absolute Gasteiger partial charge is 0.335 e. The van der Waals surface area contributed by atoms with Crippen molar-refractivity contribution in [3.8, 4) is 27.7 Å². The lowest BCUT2D eigenvalue weighted by molar-refractivity contribution is -0.128. The van der Waals surface area contributed by atoms with E-state index in [9.17, 15) is 4.79 Å². The number of aryl methyl sites for hydroxylation is 1. The van der Waals surface area contributed by atoms with E-state index in [0.717, 1.165) is 49.0 Å². The zero-order chi connectivity index (χ0) is 21.4. The van der Waals surface area contributed by atoms with Gasteiger partial charge >= 0.3 is 5.97 Å². The molecule has 0 N–H and O–H groups in total. The van der Waals surface area contributed by atoms with Gasteiger partial charge in [-0.05, 0) is 42.8 Å². The minimum Gasteiger partial charge on any atom is -0.423 e. The maximum atomic E-state index is 11.7. The summed E-state index contributed by atoms with van der Waals surface area (Å²) in [7, 11) is 0. The molecule has 0 atom stereocenters. The number of thiazole rings is 1. The van der Waals surface area contributed by atoms with Crippen LogP contribution in [-0.2, 0) is 4.79 Å². The van der Waals surface area contributed by atoms with E-state index in [2.05, 4.69) is 11.6 Å². The Morgan fingerprint density at radius 3 is 2.61 bits per heavy atom. The number of benzene rings is 3. The van der Waals surface area contributed by atoms with Gasteiger partial charge in [0.1, 0.15) is 5.75 Å². The van der Waals surface area contributed by atoms with Gasteiger partial charge < -0.3 is 4.74 Å². The molecule has 0 aliphatic rings. The van der Waals surface area contributed by atoms with Gasteiger partial charge in [0.05, 0.1) is 15.7 Å². The van der Waals surface area contributed by atoms with E-state index in [0.29, 0.717) is 11.6 Å². The van der Waals surface area contributed by atoms with Crippen LogP contribution in [0.4, 0.5) is 0 Å². The van der Waals surface area contributed by atoms with Crippen LogP contribution in [0.15, 0.2) is 79.4 Å². The highest BCUT2D eigenvalue weighted by molar-refractivity contribution is 7.21. The van der Waals surface area contributed by atoms with E-state index in [1.165, 1.54) is 0 Å². The summed E-state index contributed by atoms with van der Waals surface area (Å²) in [5.74, 6) is 0.615. The Balaban J connectivity index is 1.59. The fraction of sp³-hybridized carbons (Fsp3) is 0.0400. The Kier molecular flexibility index (Phi) is 4.76. The van der Waals surface area contributed by atoms with Gasteiger partial charge in [-0.25, -0.2) is 19.7 Å². The Morgan fingerprint density at radius 1 is 0.968 bits per heavy atom. The number of carbonyl (C=O) groups is 1. The minimum atomic E-state index is -0.492. The summed E-state index contributed by atoms with van der Waals surface area (Å²) in [6, 6.07) is 21.4. The molecule has 2 aromatic heterocycles. The molecule has 5 nitrogen and oxygen atoms in total. The van der Waals surface area contributed by atoms with Crippen molar-refractivity contribution >= 4 is 38.4 Å². The molecule has 0 saturated heterocycles. The lowest BCUT2D eigenvalue weighted by Crippen LogP contribution is -2.04. The first-order chi connectivity index (χ1) is 15.1. The van der Waals surface area contributed by atoms with Crippen molar-refractivity contribution in [1.29, 1.82) is 0 Å². The summed E-state index contributed by atoms with van der Waals surface area (Å²) in [6.45, 7) is 5.43. The number of esters is 1. The van der Waals surface area contributed by atoms with Crippen LogP contribution in [0, 0.1) is 6.92 Å². The first-order valence-corrected chi connectivity index (χ1v) is 10.5. The Hall–Kier alpha value is -3.90. The zero-order valence-corrected chi connectivity index (χ0v) is 17.5. The molecule has 0 spiro atoms. The highest BCUT2D eigenvalue weighted by Gasteiger charge is 2.14. The first-order valence-electron chi connectivity index (χ1n) is 9.70. The van der Waals surface area contributed by atoms with Crippen LogP contribution in [0.3, 0.4) is 0 Å². The molecule has 0 amide bonds. The first kappa shape index (κ1) is 19.1. The molecular weight excluding hydrogens is 406 g/mol. The molecule has 5 rings (SSSR count). The second kappa shape index (κ2) is 7.74. The van der Waals surface area contributed by atoms with Gasteiger partial charge in [-0.2, -0.15) is 0 Å². The number of aromatic nitrogens is 3. The normalized spacial score (nSPS) is 11.0. The van der Waals surface area contributed by atoms with Crippen LogP contribution in [0.5, 0.6) is 5.75 Å². The molecule has 150 valence electrons. The third-order valence-corrected chi connectivity index (χ3v) is 5.98. The van der Waals surface area contributed by atoms with Crippen LogP contribution >= 0.6 is 11.3 Å². The lowest BCUT2D eigenvalue weighted by atomic mass is 10.0. The van der Waals surface area contributed by atoms with Gasteiger partial charge in [0.2, 0.25) is 0 Å². The quantitative estimate of drug-likeness (QED) is 0.202. The van der Waals surface area contributed by atoms with E-state index in [4.69, 9.17) is 14.7 Å². The van der Waals surface area contributed by atoms with Crippen LogP contribution in [0.1, 0.15) is 5.69 Å². The van der Waals surface area contributed by atoms with Crippen molar-refractivity contribution in [3.63, 3.8) is 0 Å². The Morgan fingerprint density at radius 2 is 1.77 bits per heavy atom. The van der Waals surface area contributed by atoms with Gasteiger partial charge in [0.25, 0.3) is 0 Å². The summed E-state index contributed by atoms with van der Waals surface area (Å²) < 4.78 is 6.51. The number of fused-ring (bicyclic) bond motifs is 2. The van der Waals surface area contributed by atoms with Gasteiger partial charge in [-0.15, -0.1) is 11.3 Å². The van der Waals surface area contributed by atoms with Crippen molar-refractivity contribution in [2.24, 2.45) is 0 Å². The number of rotatable bonds is 4. The van der Waals surface area contributed by atoms with Crippen molar-refractivity contribution in [1.82, 2.24) is 15.0 Å². The van der Waals surface area contributed by atoms with E-state index in [1.54, 1.807) is 17.4 Å². The fourth-order valence-electron chi connectivity index (χ4n) is 3.46. The average molecular weight is 423 g/mol. The molecule has 0 aliphatic carbocycles. The molecule has 6 heteroatoms. The molecule has 0 bridgehead atoms. The van der Waals surface area contributed by atoms with Crippen molar-refractivity contribution < 1.29 is 9.53 Å². The van der Waals surface area contributed by atoms with Crippen molar-refractivity contribution in [2.45, 2.75) is 6.92 Å². The van der Waals surface area contributed by atoms with Crippen LogP contribution in [0.2, 0.25) is 0 Å². The number of hydrogen-bond acceptors (Lipinski definition) is 6. The second-order valence-corrected chi connectivity index (χ2v) is 8.00. The van der Waals surface area contributed by atoms with Crippen LogP contribution < -0.4 is 4.74 Å². The highest BCUT2D eigenvalue weighted by Crippen LogP contribution is 2.34. The topological polar surface area (TPSA) is 65.0 Å². The molecular formula is C25H17N3O2S. The van der Waals surface area contributed by atoms with E-state index in [-0.39, 0.29) is 0 Å².